The predicted molar refractivity (Wildman–Crippen MR) is 77.6 cm³/mol. The molecule has 1 amide bonds. The molecule has 0 fully saturated rings. The average Bonchev–Trinajstić information content (AvgIpc) is 2.47. The second-order valence-corrected chi connectivity index (χ2v) is 4.44. The molecule has 0 aliphatic rings. The number of aromatic carboxylic acids is 1. The maximum atomic E-state index is 12.3. The molecule has 0 radical (unpaired) electrons. The summed E-state index contributed by atoms with van der Waals surface area (Å²) >= 11 is 0. The molecular weight excluding hydrogens is 270 g/mol. The van der Waals surface area contributed by atoms with E-state index in [4.69, 9.17) is 0 Å². The Balaban J connectivity index is 2.43. The van der Waals surface area contributed by atoms with Crippen LogP contribution in [0.2, 0.25) is 0 Å². The Morgan fingerprint density at radius 2 is 1.62 bits per heavy atom. The van der Waals surface area contributed by atoms with Gasteiger partial charge in [0.15, 0.2) is 5.78 Å². The molecule has 2 N–H and O–H groups in total. The van der Waals surface area contributed by atoms with Crippen molar-refractivity contribution in [1.82, 2.24) is 0 Å². The van der Waals surface area contributed by atoms with Gasteiger partial charge in [-0.05, 0) is 18.2 Å². The number of amides is 1. The molecule has 2 aromatic carbocycles. The summed E-state index contributed by atoms with van der Waals surface area (Å²) in [6, 6.07) is 12.7. The molecule has 5 heteroatoms. The first-order valence-electron chi connectivity index (χ1n) is 6.23. The highest BCUT2D eigenvalue weighted by atomic mass is 16.4. The van der Waals surface area contributed by atoms with Gasteiger partial charge in [-0.25, -0.2) is 4.79 Å². The molecular formula is C16H13NO4. The number of hydrogen-bond donors (Lipinski definition) is 2. The summed E-state index contributed by atoms with van der Waals surface area (Å²) in [5.74, 6) is -1.85. The van der Waals surface area contributed by atoms with Gasteiger partial charge in [-0.15, -0.1) is 0 Å². The highest BCUT2D eigenvalue weighted by molar-refractivity contribution is 6.11. The van der Waals surface area contributed by atoms with Crippen LogP contribution >= 0.6 is 0 Å². The number of carboxylic acid groups (broad SMARTS) is 1. The van der Waals surface area contributed by atoms with Crippen LogP contribution in [-0.4, -0.2) is 22.8 Å². The maximum Gasteiger partial charge on any atom is 0.337 e. The Morgan fingerprint density at radius 1 is 0.952 bits per heavy atom. The van der Waals surface area contributed by atoms with Gasteiger partial charge in [0.2, 0.25) is 5.91 Å². The van der Waals surface area contributed by atoms with Crippen LogP contribution in [0.25, 0.3) is 0 Å². The number of anilines is 1. The molecule has 0 aliphatic heterocycles. The van der Waals surface area contributed by atoms with Crippen molar-refractivity contribution < 1.29 is 19.5 Å². The van der Waals surface area contributed by atoms with E-state index in [2.05, 4.69) is 5.32 Å². The third-order valence-corrected chi connectivity index (χ3v) is 2.86. The average molecular weight is 283 g/mol. The van der Waals surface area contributed by atoms with Gasteiger partial charge in [-0.2, -0.15) is 0 Å². The first-order valence-corrected chi connectivity index (χ1v) is 6.23. The normalized spacial score (nSPS) is 9.95. The van der Waals surface area contributed by atoms with Crippen molar-refractivity contribution in [3.63, 3.8) is 0 Å². The topological polar surface area (TPSA) is 83.5 Å². The number of hydrogen-bond acceptors (Lipinski definition) is 3. The quantitative estimate of drug-likeness (QED) is 0.845. The van der Waals surface area contributed by atoms with Gasteiger partial charge < -0.3 is 10.4 Å². The number of carbonyl (C=O) groups is 3. The van der Waals surface area contributed by atoms with E-state index in [-0.39, 0.29) is 28.5 Å². The first kappa shape index (κ1) is 14.5. The standard InChI is InChI=1S/C16H13NO4/c1-10(18)17-14-8-7-12(9-13(14)16(20)21)15(19)11-5-3-2-4-6-11/h2-9H,1H3,(H,17,18)(H,20,21). The largest absolute Gasteiger partial charge is 0.478 e. The van der Waals surface area contributed by atoms with E-state index in [1.165, 1.54) is 25.1 Å². The molecule has 2 rings (SSSR count). The number of nitrogens with one attached hydrogen (secondary N) is 1. The monoisotopic (exact) mass is 283 g/mol. The number of ketones is 1. The van der Waals surface area contributed by atoms with Gasteiger partial charge in [-0.1, -0.05) is 30.3 Å². The highest BCUT2D eigenvalue weighted by Crippen LogP contribution is 2.20. The molecule has 0 bridgehead atoms. The van der Waals surface area contributed by atoms with Gasteiger partial charge in [-0.3, -0.25) is 9.59 Å². The molecule has 0 heterocycles. The predicted octanol–water partition coefficient (Wildman–Crippen LogP) is 2.57. The van der Waals surface area contributed by atoms with Gasteiger partial charge in [0, 0.05) is 18.1 Å². The molecule has 5 nitrogen and oxygen atoms in total. The van der Waals surface area contributed by atoms with Crippen LogP contribution in [0.3, 0.4) is 0 Å². The van der Waals surface area contributed by atoms with E-state index in [1.807, 2.05) is 0 Å². The van der Waals surface area contributed by atoms with Crippen LogP contribution in [0, 0.1) is 0 Å². The van der Waals surface area contributed by atoms with E-state index >= 15 is 0 Å². The lowest BCUT2D eigenvalue weighted by atomic mass is 10.0. The van der Waals surface area contributed by atoms with Crippen molar-refractivity contribution in [1.29, 1.82) is 0 Å². The Kier molecular flexibility index (Phi) is 4.13. The number of benzene rings is 2. The van der Waals surface area contributed by atoms with Gasteiger partial charge >= 0.3 is 5.97 Å². The molecule has 0 aliphatic carbocycles. The third-order valence-electron chi connectivity index (χ3n) is 2.86. The van der Waals surface area contributed by atoms with E-state index in [9.17, 15) is 19.5 Å². The number of carboxylic acids is 1. The molecule has 0 spiro atoms. The smallest absolute Gasteiger partial charge is 0.337 e. The summed E-state index contributed by atoms with van der Waals surface area (Å²) in [7, 11) is 0. The van der Waals surface area contributed by atoms with E-state index in [0.29, 0.717) is 5.56 Å². The third kappa shape index (κ3) is 3.33. The van der Waals surface area contributed by atoms with Crippen molar-refractivity contribution in [2.24, 2.45) is 0 Å². The zero-order valence-electron chi connectivity index (χ0n) is 11.3. The molecule has 106 valence electrons. The van der Waals surface area contributed by atoms with Crippen LogP contribution in [0.4, 0.5) is 5.69 Å². The molecule has 0 unspecified atom stereocenters. The fourth-order valence-electron chi connectivity index (χ4n) is 1.92. The van der Waals surface area contributed by atoms with Crippen LogP contribution in [0.5, 0.6) is 0 Å². The molecule has 21 heavy (non-hydrogen) atoms. The van der Waals surface area contributed by atoms with Gasteiger partial charge in [0.25, 0.3) is 0 Å². The van der Waals surface area contributed by atoms with Crippen molar-refractivity contribution >= 4 is 23.3 Å². The lowest BCUT2D eigenvalue weighted by Gasteiger charge is -2.09. The van der Waals surface area contributed by atoms with E-state index < -0.39 is 5.97 Å². The fraction of sp³-hybridized carbons (Fsp3) is 0.0625. The molecule has 2 aromatic rings. The lowest BCUT2D eigenvalue weighted by Crippen LogP contribution is -2.12. The fourth-order valence-corrected chi connectivity index (χ4v) is 1.92. The molecule has 0 aromatic heterocycles. The van der Waals surface area contributed by atoms with Crippen LogP contribution in [0.15, 0.2) is 48.5 Å². The van der Waals surface area contributed by atoms with Crippen LogP contribution in [0.1, 0.15) is 33.2 Å². The lowest BCUT2D eigenvalue weighted by molar-refractivity contribution is -0.114. The number of carbonyl (C=O) groups excluding carboxylic acids is 2. The van der Waals surface area contributed by atoms with Crippen LogP contribution in [-0.2, 0) is 4.79 Å². The SMILES string of the molecule is CC(=O)Nc1ccc(C(=O)c2ccccc2)cc1C(=O)O. The Morgan fingerprint density at radius 3 is 2.19 bits per heavy atom. The summed E-state index contributed by atoms with van der Waals surface area (Å²) < 4.78 is 0. The molecule has 0 atom stereocenters. The molecule has 0 saturated heterocycles. The summed E-state index contributed by atoms with van der Waals surface area (Å²) in [4.78, 5) is 34.6. The summed E-state index contributed by atoms with van der Waals surface area (Å²) in [6.07, 6.45) is 0. The minimum Gasteiger partial charge on any atom is -0.478 e. The highest BCUT2D eigenvalue weighted by Gasteiger charge is 2.16. The van der Waals surface area contributed by atoms with Gasteiger partial charge in [0.1, 0.15) is 0 Å². The van der Waals surface area contributed by atoms with Crippen molar-refractivity contribution in [2.45, 2.75) is 6.92 Å². The van der Waals surface area contributed by atoms with Crippen molar-refractivity contribution in [3.8, 4) is 0 Å². The van der Waals surface area contributed by atoms with Crippen molar-refractivity contribution in [2.75, 3.05) is 5.32 Å². The van der Waals surface area contributed by atoms with Crippen LogP contribution < -0.4 is 5.32 Å². The number of rotatable bonds is 4. The summed E-state index contributed by atoms with van der Waals surface area (Å²) in [5.41, 5.74) is 0.778. The summed E-state index contributed by atoms with van der Waals surface area (Å²) in [5, 5.41) is 11.6. The van der Waals surface area contributed by atoms with E-state index in [0.717, 1.165) is 0 Å². The summed E-state index contributed by atoms with van der Waals surface area (Å²) in [6.45, 7) is 1.29. The zero-order valence-corrected chi connectivity index (χ0v) is 11.3. The zero-order chi connectivity index (χ0) is 15.4. The second-order valence-electron chi connectivity index (χ2n) is 4.44. The van der Waals surface area contributed by atoms with Crippen molar-refractivity contribution in [3.05, 3.63) is 65.2 Å². The Labute approximate surface area is 121 Å². The first-order chi connectivity index (χ1) is 9.99. The minimum atomic E-state index is -1.21. The second kappa shape index (κ2) is 6.00. The Bertz CT molecular complexity index is 707. The minimum absolute atomic E-state index is 0.119. The molecule has 0 saturated carbocycles. The van der Waals surface area contributed by atoms with Gasteiger partial charge in [0.05, 0.1) is 11.3 Å². The van der Waals surface area contributed by atoms with E-state index in [1.54, 1.807) is 30.3 Å². The maximum absolute atomic E-state index is 12.3. The Hall–Kier alpha value is -2.95.